The molecule has 8 N–H and O–H groups in total. The maximum absolute atomic E-state index is 11.7. The Hall–Kier alpha value is -6.86. The number of aromatic nitrogens is 4. The summed E-state index contributed by atoms with van der Waals surface area (Å²) < 4.78 is 0. The van der Waals surface area contributed by atoms with E-state index in [4.69, 9.17) is 0 Å². The summed E-state index contributed by atoms with van der Waals surface area (Å²) in [6.07, 6.45) is 4.12. The second-order valence-corrected chi connectivity index (χ2v) is 12.4. The standard InChI is InChI=1S/C41H36N4O6/c1-7-28-20(3)38(46)44-32(28)17-30-22(5)36(24-9-13-26(14-10-24)40(48)49)34(42-30)19-35-37(25-11-15-27(16-12-25)41(50)51)23(6)31(43-35)18-33-29(8-2)21(4)39(47)45-33/h9-18,42-47H,1-2,19H2,3-6H3,(H,48,49)(H,50,51). The molecule has 0 fully saturated rings. The van der Waals surface area contributed by atoms with Crippen LogP contribution in [0, 0.1) is 27.7 Å². The summed E-state index contributed by atoms with van der Waals surface area (Å²) in [5.41, 5.74) is 15.6. The second kappa shape index (κ2) is 13.2. The Labute approximate surface area is 292 Å². The minimum absolute atomic E-state index is 0.0216. The summed E-state index contributed by atoms with van der Waals surface area (Å²) in [6.45, 7) is 15.1. The van der Waals surface area contributed by atoms with Gasteiger partial charge in [0.05, 0.1) is 21.8 Å². The molecule has 0 amide bonds. The van der Waals surface area contributed by atoms with E-state index >= 15 is 0 Å². The largest absolute Gasteiger partial charge is 0.494 e. The molecule has 10 nitrogen and oxygen atoms in total. The summed E-state index contributed by atoms with van der Waals surface area (Å²) in [5, 5.41) is 42.4. The van der Waals surface area contributed by atoms with E-state index in [0.717, 1.165) is 56.2 Å². The highest BCUT2D eigenvalue weighted by Gasteiger charge is 2.22. The molecule has 10 heteroatoms. The van der Waals surface area contributed by atoms with Crippen molar-refractivity contribution in [3.63, 3.8) is 0 Å². The van der Waals surface area contributed by atoms with Crippen LogP contribution in [0.2, 0.25) is 0 Å². The van der Waals surface area contributed by atoms with Crippen molar-refractivity contribution in [2.24, 2.45) is 0 Å². The van der Waals surface area contributed by atoms with Crippen LogP contribution in [0.5, 0.6) is 11.8 Å². The van der Waals surface area contributed by atoms with Gasteiger partial charge in [0.1, 0.15) is 0 Å². The van der Waals surface area contributed by atoms with E-state index in [-0.39, 0.29) is 22.9 Å². The zero-order valence-electron chi connectivity index (χ0n) is 28.5. The minimum Gasteiger partial charge on any atom is -0.494 e. The Kier molecular flexibility index (Phi) is 8.81. The van der Waals surface area contributed by atoms with Gasteiger partial charge in [-0.05, 0) is 86.4 Å². The van der Waals surface area contributed by atoms with Gasteiger partial charge in [-0.1, -0.05) is 37.4 Å². The predicted molar refractivity (Wildman–Crippen MR) is 197 cm³/mol. The third kappa shape index (κ3) is 6.13. The maximum Gasteiger partial charge on any atom is 0.335 e. The summed E-state index contributed by atoms with van der Waals surface area (Å²) in [5.74, 6) is -2.01. The van der Waals surface area contributed by atoms with Gasteiger partial charge in [-0.3, -0.25) is 0 Å². The minimum atomic E-state index is -1.02. The van der Waals surface area contributed by atoms with Gasteiger partial charge in [0.2, 0.25) is 0 Å². The number of nitrogens with one attached hydrogen (secondary N) is 4. The number of benzene rings is 2. The van der Waals surface area contributed by atoms with E-state index in [2.05, 4.69) is 44.6 Å². The Morgan fingerprint density at radius 3 is 1.27 bits per heavy atom. The lowest BCUT2D eigenvalue weighted by molar-refractivity contribution is 0.0686. The van der Waals surface area contributed by atoms with Crippen molar-refractivity contribution >= 4 is 35.6 Å². The molecular weight excluding hydrogens is 644 g/mol. The first-order valence-corrected chi connectivity index (χ1v) is 16.0. The van der Waals surface area contributed by atoms with Crippen LogP contribution in [0.25, 0.3) is 45.9 Å². The average molecular weight is 681 g/mol. The van der Waals surface area contributed by atoms with Crippen molar-refractivity contribution in [3.8, 4) is 34.0 Å². The number of carboxylic acids is 2. The van der Waals surface area contributed by atoms with Gasteiger partial charge in [0.15, 0.2) is 11.8 Å². The molecule has 0 aliphatic heterocycles. The van der Waals surface area contributed by atoms with Crippen LogP contribution in [-0.4, -0.2) is 52.3 Å². The number of H-pyrrole nitrogens is 4. The van der Waals surface area contributed by atoms with Gasteiger partial charge in [-0.15, -0.1) is 11.5 Å². The predicted octanol–water partition coefficient (Wildman–Crippen LogP) is 4.75. The molecule has 0 aliphatic rings. The van der Waals surface area contributed by atoms with Crippen LogP contribution in [-0.2, 0) is 6.42 Å². The number of aromatic carboxylic acids is 2. The van der Waals surface area contributed by atoms with E-state index < -0.39 is 11.9 Å². The Bertz CT molecular complexity index is 2490. The summed E-state index contributed by atoms with van der Waals surface area (Å²) in [7, 11) is 0. The number of hydrogen-bond acceptors (Lipinski definition) is 4. The SMILES string of the molecule is C=C=c1c(C)c(O)[nH]c1=Cc1[nH]c(Cc2[nH]c(C=c3[nH]c(O)c(C)c3=C=C)c(C)c2-c2ccc(C(=O)O)cc2)c(-c2ccc(C(=O)O)cc2)c1C. The summed E-state index contributed by atoms with van der Waals surface area (Å²) in [4.78, 5) is 36.5. The van der Waals surface area contributed by atoms with Crippen LogP contribution >= 0.6 is 0 Å². The molecule has 0 atom stereocenters. The zero-order valence-corrected chi connectivity index (χ0v) is 28.5. The number of aromatic amines is 4. The van der Waals surface area contributed by atoms with Crippen LogP contribution in [0.1, 0.15) is 65.7 Å². The quantitative estimate of drug-likeness (QED) is 0.115. The first kappa shape index (κ1) is 34.0. The summed E-state index contributed by atoms with van der Waals surface area (Å²) >= 11 is 0. The molecule has 0 bridgehead atoms. The molecule has 6 rings (SSSR count). The molecular formula is C41H36N4O6. The van der Waals surface area contributed by atoms with Gasteiger partial charge in [0.25, 0.3) is 0 Å². The molecule has 0 saturated heterocycles. The van der Waals surface area contributed by atoms with Crippen molar-refractivity contribution in [1.82, 2.24) is 19.9 Å². The molecule has 51 heavy (non-hydrogen) atoms. The van der Waals surface area contributed by atoms with E-state index in [9.17, 15) is 30.0 Å². The first-order chi connectivity index (χ1) is 24.3. The van der Waals surface area contributed by atoms with Crippen LogP contribution in [0.4, 0.5) is 0 Å². The average Bonchev–Trinajstić information content (AvgIpc) is 3.76. The van der Waals surface area contributed by atoms with Crippen molar-refractivity contribution in [2.45, 2.75) is 34.1 Å². The Morgan fingerprint density at radius 2 is 0.961 bits per heavy atom. The Morgan fingerprint density at radius 1 is 0.608 bits per heavy atom. The lowest BCUT2D eigenvalue weighted by Gasteiger charge is -2.10. The molecule has 0 spiro atoms. The Balaban J connectivity index is 1.60. The van der Waals surface area contributed by atoms with Crippen molar-refractivity contribution < 1.29 is 30.0 Å². The molecule has 0 aliphatic carbocycles. The number of hydrogen-bond donors (Lipinski definition) is 8. The summed E-state index contributed by atoms with van der Waals surface area (Å²) in [6, 6.07) is 13.4. The van der Waals surface area contributed by atoms with Crippen LogP contribution in [0.3, 0.4) is 0 Å². The fourth-order valence-electron chi connectivity index (χ4n) is 6.60. The second-order valence-electron chi connectivity index (χ2n) is 12.4. The highest BCUT2D eigenvalue weighted by atomic mass is 16.4. The highest BCUT2D eigenvalue weighted by molar-refractivity contribution is 5.89. The number of rotatable bonds is 8. The monoisotopic (exact) mass is 680 g/mol. The van der Waals surface area contributed by atoms with Crippen LogP contribution in [0.15, 0.2) is 61.7 Å². The maximum atomic E-state index is 11.7. The fraction of sp³-hybridized carbons (Fsp3) is 0.122. The molecule has 4 heterocycles. The van der Waals surface area contributed by atoms with E-state index in [1.54, 1.807) is 62.4 Å². The van der Waals surface area contributed by atoms with Gasteiger partial charge in [-0.25, -0.2) is 9.59 Å². The normalized spacial score (nSPS) is 11.9. The molecule has 0 radical (unpaired) electrons. The van der Waals surface area contributed by atoms with Crippen molar-refractivity contribution in [2.75, 3.05) is 0 Å². The number of carboxylic acid groups (broad SMARTS) is 2. The van der Waals surface area contributed by atoms with E-state index in [1.807, 2.05) is 26.0 Å². The lowest BCUT2D eigenvalue weighted by atomic mass is 9.94. The molecule has 2 aromatic carbocycles. The van der Waals surface area contributed by atoms with Gasteiger partial charge in [-0.2, -0.15) is 0 Å². The lowest BCUT2D eigenvalue weighted by Crippen LogP contribution is -2.23. The molecule has 6 aromatic rings. The topological polar surface area (TPSA) is 178 Å². The zero-order chi connectivity index (χ0) is 36.7. The number of aromatic hydroxyl groups is 2. The highest BCUT2D eigenvalue weighted by Crippen LogP contribution is 2.36. The molecule has 0 saturated carbocycles. The van der Waals surface area contributed by atoms with Gasteiger partial charge in [0, 0.05) is 61.9 Å². The fourth-order valence-corrected chi connectivity index (χ4v) is 6.60. The van der Waals surface area contributed by atoms with Gasteiger partial charge >= 0.3 is 11.9 Å². The molecule has 256 valence electrons. The van der Waals surface area contributed by atoms with Gasteiger partial charge < -0.3 is 40.4 Å². The van der Waals surface area contributed by atoms with E-state index in [1.165, 1.54) is 0 Å². The number of carbonyl (C=O) groups is 2. The first-order valence-electron chi connectivity index (χ1n) is 16.0. The third-order valence-corrected chi connectivity index (χ3v) is 9.36. The smallest absolute Gasteiger partial charge is 0.335 e. The van der Waals surface area contributed by atoms with Crippen molar-refractivity contribution in [1.29, 1.82) is 0 Å². The van der Waals surface area contributed by atoms with Crippen LogP contribution < -0.4 is 21.1 Å². The third-order valence-electron chi connectivity index (χ3n) is 9.36. The molecule has 4 aromatic heterocycles. The van der Waals surface area contributed by atoms with Crippen molar-refractivity contribution in [3.05, 3.63) is 139 Å². The molecule has 0 unspecified atom stereocenters. The van der Waals surface area contributed by atoms with E-state index in [0.29, 0.717) is 38.7 Å².